The molecular weight excluding hydrogens is 238 g/mol. The highest BCUT2D eigenvalue weighted by Crippen LogP contribution is 2.46. The fraction of sp³-hybridized carbons (Fsp3) is 0.833. The van der Waals surface area contributed by atoms with Gasteiger partial charge in [0.2, 0.25) is 5.91 Å². The molecule has 2 fully saturated rings. The molecule has 2 aliphatic heterocycles. The van der Waals surface area contributed by atoms with Crippen molar-refractivity contribution in [2.24, 2.45) is 11.3 Å². The second-order valence-corrected chi connectivity index (χ2v) is 7.02. The van der Waals surface area contributed by atoms with Crippen LogP contribution in [0.1, 0.15) is 27.7 Å². The molecule has 4 unspecified atom stereocenters. The van der Waals surface area contributed by atoms with Gasteiger partial charge in [-0.25, -0.2) is 0 Å². The molecule has 1 amide bonds. The van der Waals surface area contributed by atoms with Gasteiger partial charge in [-0.05, 0) is 6.92 Å². The average Bonchev–Trinajstić information content (AvgIpc) is 2.53. The molecule has 5 heteroatoms. The predicted molar refractivity (Wildman–Crippen MR) is 66.5 cm³/mol. The Labute approximate surface area is 106 Å². The maximum atomic E-state index is 12.2. The first kappa shape index (κ1) is 12.9. The number of Topliss-reactive ketones (excluding diaryl/α,β-unsaturated/α-hetero) is 1. The zero-order valence-electron chi connectivity index (χ0n) is 10.6. The van der Waals surface area contributed by atoms with E-state index in [0.29, 0.717) is 5.75 Å². The fourth-order valence-electron chi connectivity index (χ4n) is 2.44. The number of aliphatic hydroxyl groups is 1. The maximum absolute atomic E-state index is 12.2. The number of hydrogen-bond acceptors (Lipinski definition) is 4. The number of aliphatic hydroxyl groups excluding tert-OH is 1. The maximum Gasteiger partial charge on any atom is 0.232 e. The van der Waals surface area contributed by atoms with Crippen LogP contribution in [0.3, 0.4) is 0 Å². The van der Waals surface area contributed by atoms with E-state index in [-0.39, 0.29) is 29.0 Å². The third-order valence-electron chi connectivity index (χ3n) is 3.44. The first-order chi connectivity index (χ1) is 7.75. The van der Waals surface area contributed by atoms with Crippen LogP contribution in [-0.4, -0.2) is 45.0 Å². The Morgan fingerprint density at radius 2 is 2.12 bits per heavy atom. The summed E-state index contributed by atoms with van der Waals surface area (Å²) in [5.41, 5.74) is -0.420. The smallest absolute Gasteiger partial charge is 0.232 e. The van der Waals surface area contributed by atoms with E-state index in [9.17, 15) is 14.7 Å². The largest absolute Gasteiger partial charge is 0.392 e. The summed E-state index contributed by atoms with van der Waals surface area (Å²) >= 11 is 1.61. The van der Waals surface area contributed by atoms with E-state index >= 15 is 0 Å². The Balaban J connectivity index is 2.13. The Bertz CT molecular complexity index is 361. The van der Waals surface area contributed by atoms with Crippen molar-refractivity contribution in [1.82, 2.24) is 4.90 Å². The molecule has 0 saturated carbocycles. The number of rotatable bonds is 2. The van der Waals surface area contributed by atoms with Crippen LogP contribution in [0.5, 0.6) is 0 Å². The summed E-state index contributed by atoms with van der Waals surface area (Å²) in [7, 11) is 0. The number of fused-ring (bicyclic) bond motifs is 1. The van der Waals surface area contributed by atoms with Crippen LogP contribution in [-0.2, 0) is 9.59 Å². The van der Waals surface area contributed by atoms with Gasteiger partial charge in [-0.1, -0.05) is 20.8 Å². The first-order valence-corrected chi connectivity index (χ1v) is 6.96. The number of nitrogens with zero attached hydrogens (tertiary/aromatic N) is 1. The van der Waals surface area contributed by atoms with Crippen LogP contribution >= 0.6 is 11.8 Å². The van der Waals surface area contributed by atoms with Gasteiger partial charge in [0.15, 0.2) is 5.78 Å². The number of hydrogen-bond donors (Lipinski definition) is 1. The molecule has 2 aliphatic rings. The first-order valence-electron chi connectivity index (χ1n) is 5.91. The fourth-order valence-corrected chi connectivity index (χ4v) is 4.10. The lowest BCUT2D eigenvalue weighted by molar-refractivity contribution is -0.162. The summed E-state index contributed by atoms with van der Waals surface area (Å²) in [5.74, 6) is 0.385. The highest BCUT2D eigenvalue weighted by atomic mass is 32.2. The summed E-state index contributed by atoms with van der Waals surface area (Å²) < 4.78 is 0. The lowest BCUT2D eigenvalue weighted by Crippen LogP contribution is -2.64. The Hall–Kier alpha value is -0.550. The van der Waals surface area contributed by atoms with Crippen LogP contribution in [0.15, 0.2) is 0 Å². The second-order valence-electron chi connectivity index (χ2n) is 5.87. The van der Waals surface area contributed by atoms with Crippen LogP contribution in [0, 0.1) is 11.3 Å². The SMILES string of the molecule is CC(O)C1C(=O)N2C(C(=O)C(C)(C)C)CSC12. The van der Waals surface area contributed by atoms with Crippen molar-refractivity contribution in [2.45, 2.75) is 45.2 Å². The van der Waals surface area contributed by atoms with Crippen molar-refractivity contribution in [3.63, 3.8) is 0 Å². The Morgan fingerprint density at radius 1 is 1.53 bits per heavy atom. The van der Waals surface area contributed by atoms with E-state index in [4.69, 9.17) is 0 Å². The van der Waals surface area contributed by atoms with E-state index in [1.807, 2.05) is 20.8 Å². The number of thioether (sulfide) groups is 1. The van der Waals surface area contributed by atoms with Gasteiger partial charge in [-0.15, -0.1) is 11.8 Å². The van der Waals surface area contributed by atoms with Crippen molar-refractivity contribution < 1.29 is 14.7 Å². The van der Waals surface area contributed by atoms with E-state index in [0.717, 1.165) is 0 Å². The zero-order valence-corrected chi connectivity index (χ0v) is 11.5. The molecule has 4 atom stereocenters. The quantitative estimate of drug-likeness (QED) is 0.746. The minimum absolute atomic E-state index is 0.00111. The van der Waals surface area contributed by atoms with Gasteiger partial charge in [-0.2, -0.15) is 0 Å². The second kappa shape index (κ2) is 3.99. The standard InChI is InChI=1S/C12H19NO3S/c1-6(14)8-10(16)13-7(5-17-11(8)13)9(15)12(2,3)4/h6-8,11,14H,5H2,1-4H3. The van der Waals surface area contributed by atoms with Crippen LogP contribution in [0.4, 0.5) is 0 Å². The number of β-lactam (4-membered cyclic amide) rings is 1. The van der Waals surface area contributed by atoms with Crippen LogP contribution < -0.4 is 0 Å². The molecule has 0 spiro atoms. The number of ketones is 1. The minimum Gasteiger partial charge on any atom is -0.392 e. The van der Waals surface area contributed by atoms with Gasteiger partial charge in [0.25, 0.3) is 0 Å². The molecule has 2 rings (SSSR count). The molecule has 0 bridgehead atoms. The third kappa shape index (κ3) is 1.89. The molecule has 2 heterocycles. The molecule has 2 saturated heterocycles. The summed E-state index contributed by atoms with van der Waals surface area (Å²) in [6.45, 7) is 7.27. The highest BCUT2D eigenvalue weighted by Gasteiger charge is 2.58. The van der Waals surface area contributed by atoms with Crippen molar-refractivity contribution in [3.05, 3.63) is 0 Å². The molecule has 0 aromatic rings. The minimum atomic E-state index is -0.625. The van der Waals surface area contributed by atoms with Crippen molar-refractivity contribution >= 4 is 23.5 Å². The normalized spacial score (nSPS) is 34.3. The van der Waals surface area contributed by atoms with Gasteiger partial charge in [0.1, 0.15) is 6.04 Å². The van der Waals surface area contributed by atoms with Gasteiger partial charge in [0.05, 0.1) is 17.4 Å². The van der Waals surface area contributed by atoms with Crippen LogP contribution in [0.25, 0.3) is 0 Å². The number of carbonyl (C=O) groups excluding carboxylic acids is 2. The monoisotopic (exact) mass is 257 g/mol. The molecule has 0 aromatic carbocycles. The summed E-state index contributed by atoms with van der Waals surface area (Å²) in [5, 5.41) is 9.53. The molecule has 4 nitrogen and oxygen atoms in total. The molecule has 0 aromatic heterocycles. The van der Waals surface area contributed by atoms with Gasteiger partial charge < -0.3 is 10.0 Å². The third-order valence-corrected chi connectivity index (χ3v) is 4.81. The highest BCUT2D eigenvalue weighted by molar-refractivity contribution is 8.00. The van der Waals surface area contributed by atoms with E-state index < -0.39 is 11.5 Å². The average molecular weight is 257 g/mol. The van der Waals surface area contributed by atoms with E-state index in [1.165, 1.54) is 0 Å². The lowest BCUT2D eigenvalue weighted by Gasteiger charge is -2.46. The molecule has 1 N–H and O–H groups in total. The summed E-state index contributed by atoms with van der Waals surface area (Å²) in [4.78, 5) is 25.8. The van der Waals surface area contributed by atoms with Crippen molar-refractivity contribution in [3.8, 4) is 0 Å². The van der Waals surface area contributed by atoms with Crippen molar-refractivity contribution in [1.29, 1.82) is 0 Å². The zero-order chi connectivity index (χ0) is 13.0. The number of amides is 1. The Morgan fingerprint density at radius 3 is 2.59 bits per heavy atom. The van der Waals surface area contributed by atoms with E-state index in [1.54, 1.807) is 23.6 Å². The van der Waals surface area contributed by atoms with Crippen molar-refractivity contribution in [2.75, 3.05) is 5.75 Å². The lowest BCUT2D eigenvalue weighted by atomic mass is 9.83. The molecule has 0 radical (unpaired) electrons. The Kier molecular flexibility index (Phi) is 3.02. The number of carbonyl (C=O) groups is 2. The topological polar surface area (TPSA) is 57.6 Å². The molecule has 17 heavy (non-hydrogen) atoms. The molecule has 96 valence electrons. The van der Waals surface area contributed by atoms with Crippen LogP contribution in [0.2, 0.25) is 0 Å². The molecule has 0 aliphatic carbocycles. The van der Waals surface area contributed by atoms with Gasteiger partial charge in [-0.3, -0.25) is 9.59 Å². The molecular formula is C12H19NO3S. The predicted octanol–water partition coefficient (Wildman–Crippen LogP) is 0.882. The van der Waals surface area contributed by atoms with Gasteiger partial charge >= 0.3 is 0 Å². The van der Waals surface area contributed by atoms with Gasteiger partial charge in [0, 0.05) is 11.2 Å². The summed E-state index contributed by atoms with van der Waals surface area (Å²) in [6, 6.07) is -0.299. The van der Waals surface area contributed by atoms with E-state index in [2.05, 4.69) is 0 Å². The summed E-state index contributed by atoms with van der Waals surface area (Å²) in [6.07, 6.45) is -0.625.